The monoisotopic (exact) mass is 147 g/mol. The fourth-order valence-electron chi connectivity index (χ4n) is 0.716. The van der Waals surface area contributed by atoms with Gasteiger partial charge in [-0.2, -0.15) is 0 Å². The van der Waals surface area contributed by atoms with E-state index < -0.39 is 0 Å². The third-order valence-corrected chi connectivity index (χ3v) is 1.29. The molecule has 1 heterocycles. The molecule has 0 aromatic carbocycles. The zero-order valence-electron chi connectivity index (χ0n) is 6.37. The third-order valence-electron chi connectivity index (χ3n) is 1.29. The number of aromatic nitrogens is 1. The molecule has 0 spiro atoms. The molecule has 0 aliphatic heterocycles. The normalized spacial score (nSPS) is 9.18. The van der Waals surface area contributed by atoms with Crippen molar-refractivity contribution in [2.45, 2.75) is 6.92 Å². The van der Waals surface area contributed by atoms with E-state index in [0.29, 0.717) is 11.3 Å². The van der Waals surface area contributed by atoms with E-state index in [9.17, 15) is 4.79 Å². The molecule has 0 unspecified atom stereocenters. The highest BCUT2D eigenvalue weighted by Gasteiger charge is 2.05. The van der Waals surface area contributed by atoms with Gasteiger partial charge < -0.3 is 0 Å². The van der Waals surface area contributed by atoms with Gasteiger partial charge >= 0.3 is 0 Å². The summed E-state index contributed by atoms with van der Waals surface area (Å²) in [6.07, 6.45) is 1.59. The average Bonchev–Trinajstić information content (AvgIpc) is 2.05. The Labute approximate surface area is 65.6 Å². The van der Waals surface area contributed by atoms with Crippen LogP contribution in [-0.4, -0.2) is 10.8 Å². The molecule has 1 aromatic heterocycles. The summed E-state index contributed by atoms with van der Waals surface area (Å²) in [5.74, 6) is -0.0920. The van der Waals surface area contributed by atoms with Crippen LogP contribution < -0.4 is 0 Å². The summed E-state index contributed by atoms with van der Waals surface area (Å²) >= 11 is 0. The second-order valence-electron chi connectivity index (χ2n) is 2.32. The molecule has 0 radical (unpaired) electrons. The lowest BCUT2D eigenvalue weighted by Crippen LogP contribution is -2.01. The maximum Gasteiger partial charge on any atom is 0.206 e. The lowest BCUT2D eigenvalue weighted by molar-refractivity contribution is 0.103. The molecule has 0 aliphatic rings. The SMILES string of the molecule is C=C(C)C(=O)c1ccccn1. The minimum Gasteiger partial charge on any atom is -0.287 e. The van der Waals surface area contributed by atoms with Gasteiger partial charge in [-0.15, -0.1) is 0 Å². The number of carbonyl (C=O) groups is 1. The van der Waals surface area contributed by atoms with Crippen LogP contribution in [0.4, 0.5) is 0 Å². The number of Topliss-reactive ketones (excluding diaryl/α,β-unsaturated/α-hetero) is 1. The highest BCUT2D eigenvalue weighted by molar-refractivity contribution is 6.06. The number of hydrogen-bond acceptors (Lipinski definition) is 2. The molecular formula is C9H9NO. The molecule has 0 saturated carbocycles. The summed E-state index contributed by atoms with van der Waals surface area (Å²) in [6.45, 7) is 5.22. The highest BCUT2D eigenvalue weighted by atomic mass is 16.1. The van der Waals surface area contributed by atoms with Crippen molar-refractivity contribution in [3.8, 4) is 0 Å². The lowest BCUT2D eigenvalue weighted by Gasteiger charge is -1.95. The van der Waals surface area contributed by atoms with Crippen LogP contribution in [0, 0.1) is 0 Å². The molecule has 1 aromatic rings. The van der Waals surface area contributed by atoms with Crippen LogP contribution in [0.2, 0.25) is 0 Å². The van der Waals surface area contributed by atoms with Crippen molar-refractivity contribution in [1.29, 1.82) is 0 Å². The minimum atomic E-state index is -0.0920. The van der Waals surface area contributed by atoms with Crippen LogP contribution in [0.3, 0.4) is 0 Å². The van der Waals surface area contributed by atoms with Gasteiger partial charge in [0.15, 0.2) is 0 Å². The average molecular weight is 147 g/mol. The number of allylic oxidation sites excluding steroid dienone is 1. The minimum absolute atomic E-state index is 0.0920. The van der Waals surface area contributed by atoms with E-state index in [1.54, 1.807) is 31.3 Å². The lowest BCUT2D eigenvalue weighted by atomic mass is 10.1. The van der Waals surface area contributed by atoms with Crippen LogP contribution in [0.5, 0.6) is 0 Å². The van der Waals surface area contributed by atoms with Crippen LogP contribution in [0.15, 0.2) is 36.5 Å². The van der Waals surface area contributed by atoms with Gasteiger partial charge in [0.25, 0.3) is 0 Å². The van der Waals surface area contributed by atoms with E-state index >= 15 is 0 Å². The zero-order chi connectivity index (χ0) is 8.27. The second-order valence-corrected chi connectivity index (χ2v) is 2.32. The van der Waals surface area contributed by atoms with Crippen LogP contribution >= 0.6 is 0 Å². The molecule has 0 bridgehead atoms. The predicted octanol–water partition coefficient (Wildman–Crippen LogP) is 1.84. The topological polar surface area (TPSA) is 30.0 Å². The van der Waals surface area contributed by atoms with E-state index in [4.69, 9.17) is 0 Å². The molecule has 56 valence electrons. The number of hydrogen-bond donors (Lipinski definition) is 0. The van der Waals surface area contributed by atoms with Gasteiger partial charge in [-0.1, -0.05) is 12.6 Å². The number of ketones is 1. The molecular weight excluding hydrogens is 138 g/mol. The molecule has 0 atom stereocenters. The van der Waals surface area contributed by atoms with Crippen LogP contribution in [0.25, 0.3) is 0 Å². The molecule has 0 fully saturated rings. The summed E-state index contributed by atoms with van der Waals surface area (Å²) < 4.78 is 0. The maximum atomic E-state index is 11.2. The standard InChI is InChI=1S/C9H9NO/c1-7(2)9(11)8-5-3-4-6-10-8/h3-6H,1H2,2H3. The zero-order valence-corrected chi connectivity index (χ0v) is 6.37. The number of nitrogens with zero attached hydrogens (tertiary/aromatic N) is 1. The van der Waals surface area contributed by atoms with Gasteiger partial charge in [-0.3, -0.25) is 9.78 Å². The smallest absolute Gasteiger partial charge is 0.206 e. The Morgan fingerprint density at radius 1 is 1.55 bits per heavy atom. The molecule has 1 rings (SSSR count). The van der Waals surface area contributed by atoms with E-state index in [-0.39, 0.29) is 5.78 Å². The molecule has 0 amide bonds. The van der Waals surface area contributed by atoms with Crippen LogP contribution in [-0.2, 0) is 0 Å². The Bertz CT molecular complexity index is 277. The van der Waals surface area contributed by atoms with Crippen molar-refractivity contribution in [2.75, 3.05) is 0 Å². The number of pyridine rings is 1. The van der Waals surface area contributed by atoms with Crippen molar-refractivity contribution < 1.29 is 4.79 Å². The molecule has 11 heavy (non-hydrogen) atoms. The molecule has 0 aliphatic carbocycles. The van der Waals surface area contributed by atoms with E-state index in [0.717, 1.165) is 0 Å². The summed E-state index contributed by atoms with van der Waals surface area (Å²) in [4.78, 5) is 15.1. The fraction of sp³-hybridized carbons (Fsp3) is 0.111. The van der Waals surface area contributed by atoms with Gasteiger partial charge in [-0.25, -0.2) is 0 Å². The van der Waals surface area contributed by atoms with Crippen molar-refractivity contribution in [3.63, 3.8) is 0 Å². The van der Waals surface area contributed by atoms with E-state index in [2.05, 4.69) is 11.6 Å². The first-order valence-electron chi connectivity index (χ1n) is 3.33. The largest absolute Gasteiger partial charge is 0.287 e. The molecule has 2 nitrogen and oxygen atoms in total. The second kappa shape index (κ2) is 3.10. The summed E-state index contributed by atoms with van der Waals surface area (Å²) in [6, 6.07) is 5.23. The van der Waals surface area contributed by atoms with Crippen molar-refractivity contribution in [2.24, 2.45) is 0 Å². The van der Waals surface area contributed by atoms with Gasteiger partial charge in [0, 0.05) is 6.20 Å². The first-order chi connectivity index (χ1) is 5.22. The van der Waals surface area contributed by atoms with Gasteiger partial charge in [0.1, 0.15) is 5.69 Å². The molecule has 2 heteroatoms. The molecule has 0 saturated heterocycles. The van der Waals surface area contributed by atoms with Gasteiger partial charge in [0.2, 0.25) is 5.78 Å². The fourth-order valence-corrected chi connectivity index (χ4v) is 0.716. The quantitative estimate of drug-likeness (QED) is 0.472. The van der Waals surface area contributed by atoms with E-state index in [1.165, 1.54) is 0 Å². The predicted molar refractivity (Wildman–Crippen MR) is 43.4 cm³/mol. The van der Waals surface area contributed by atoms with Crippen molar-refractivity contribution in [1.82, 2.24) is 4.98 Å². The third kappa shape index (κ3) is 1.74. The first-order valence-corrected chi connectivity index (χ1v) is 3.33. The Kier molecular flexibility index (Phi) is 2.16. The van der Waals surface area contributed by atoms with Gasteiger partial charge in [0.05, 0.1) is 0 Å². The Morgan fingerprint density at radius 3 is 2.73 bits per heavy atom. The van der Waals surface area contributed by atoms with Crippen molar-refractivity contribution >= 4 is 5.78 Å². The number of rotatable bonds is 2. The highest BCUT2D eigenvalue weighted by Crippen LogP contribution is 2.01. The maximum absolute atomic E-state index is 11.2. The Hall–Kier alpha value is -1.44. The molecule has 0 N–H and O–H groups in total. The van der Waals surface area contributed by atoms with Gasteiger partial charge in [-0.05, 0) is 24.6 Å². The summed E-state index contributed by atoms with van der Waals surface area (Å²) in [5.41, 5.74) is 0.976. The summed E-state index contributed by atoms with van der Waals surface area (Å²) in [5, 5.41) is 0. The van der Waals surface area contributed by atoms with Crippen LogP contribution in [0.1, 0.15) is 17.4 Å². The summed E-state index contributed by atoms with van der Waals surface area (Å²) in [7, 11) is 0. The Balaban J connectivity index is 2.95. The number of carbonyl (C=O) groups excluding carboxylic acids is 1. The van der Waals surface area contributed by atoms with Crippen molar-refractivity contribution in [3.05, 3.63) is 42.2 Å². The first kappa shape index (κ1) is 7.66. The Morgan fingerprint density at radius 2 is 2.27 bits per heavy atom. The van der Waals surface area contributed by atoms with E-state index in [1.807, 2.05) is 0 Å².